The van der Waals surface area contributed by atoms with Crippen molar-refractivity contribution in [3.63, 3.8) is 0 Å². The number of carbonyl (C=O) groups excluding carboxylic acids is 2. The van der Waals surface area contributed by atoms with Crippen molar-refractivity contribution in [3.8, 4) is 0 Å². The maximum atomic E-state index is 12.1. The maximum Gasteiger partial charge on any atom is 0.303 e. The molecule has 0 aromatic heterocycles. The van der Waals surface area contributed by atoms with Crippen molar-refractivity contribution in [1.82, 2.24) is 0 Å². The first-order chi connectivity index (χ1) is 10.4. The van der Waals surface area contributed by atoms with Crippen molar-refractivity contribution in [2.45, 2.75) is 103 Å². The lowest BCUT2D eigenvalue weighted by atomic mass is 9.94. The molecule has 6 heteroatoms. The van der Waals surface area contributed by atoms with Gasteiger partial charge in [0.1, 0.15) is 11.2 Å². The predicted octanol–water partition coefficient (Wildman–Crippen LogP) is 5.09. The molecule has 24 heavy (non-hydrogen) atoms. The minimum atomic E-state index is -1.46. The van der Waals surface area contributed by atoms with Gasteiger partial charge in [0.2, 0.25) is 0 Å². The van der Waals surface area contributed by atoms with Gasteiger partial charge in [-0.1, -0.05) is 39.3 Å². The Kier molecular flexibility index (Phi) is 7.96. The molecular formula is C18H38O4Si2. The van der Waals surface area contributed by atoms with E-state index in [9.17, 15) is 9.59 Å². The minimum absolute atomic E-state index is 0.118. The van der Waals surface area contributed by atoms with Gasteiger partial charge in [0.05, 0.1) is 16.1 Å². The number of hydrogen-bond acceptors (Lipinski definition) is 4. The summed E-state index contributed by atoms with van der Waals surface area (Å²) in [5.41, 5.74) is -1.08. The van der Waals surface area contributed by atoms with Crippen LogP contribution < -0.4 is 0 Å². The zero-order valence-corrected chi connectivity index (χ0v) is 19.5. The molecule has 0 aliphatic carbocycles. The van der Waals surface area contributed by atoms with E-state index in [0.717, 1.165) is 0 Å². The van der Waals surface area contributed by atoms with Crippen LogP contribution in [0.15, 0.2) is 0 Å². The van der Waals surface area contributed by atoms with E-state index in [2.05, 4.69) is 39.3 Å². The van der Waals surface area contributed by atoms with E-state index in [1.165, 1.54) is 0 Å². The van der Waals surface area contributed by atoms with E-state index < -0.39 is 27.3 Å². The molecule has 0 aromatic rings. The van der Waals surface area contributed by atoms with E-state index in [-0.39, 0.29) is 11.9 Å². The van der Waals surface area contributed by atoms with Gasteiger partial charge >= 0.3 is 11.9 Å². The lowest BCUT2D eigenvalue weighted by Crippen LogP contribution is -2.37. The Labute approximate surface area is 150 Å². The first kappa shape index (κ1) is 23.4. The SMILES string of the molecule is CC(C)(CCC(C)(C)OC(=O)C[Si](C)(C)C)OC(=O)C[Si](C)(C)C. The largest absolute Gasteiger partial charge is 0.460 e. The zero-order valence-electron chi connectivity index (χ0n) is 17.5. The fraction of sp³-hybridized carbons (Fsp3) is 0.889. The van der Waals surface area contributed by atoms with Crippen LogP contribution in [-0.2, 0) is 19.1 Å². The Hall–Kier alpha value is -0.626. The molecule has 0 saturated carbocycles. The fourth-order valence-corrected chi connectivity index (χ4v) is 4.14. The van der Waals surface area contributed by atoms with Gasteiger partial charge in [0.15, 0.2) is 0 Å². The summed E-state index contributed by atoms with van der Waals surface area (Å²) in [5, 5.41) is 0. The molecule has 4 nitrogen and oxygen atoms in total. The Bertz CT molecular complexity index is 401. The molecule has 0 spiro atoms. The Morgan fingerprint density at radius 1 is 0.667 bits per heavy atom. The number of hydrogen-bond donors (Lipinski definition) is 0. The molecule has 0 aromatic carbocycles. The van der Waals surface area contributed by atoms with E-state index in [1.807, 2.05) is 27.7 Å². The third-order valence-electron chi connectivity index (χ3n) is 3.46. The van der Waals surface area contributed by atoms with Gasteiger partial charge in [-0.3, -0.25) is 9.59 Å². The average molecular weight is 375 g/mol. The van der Waals surface area contributed by atoms with Crippen LogP contribution in [0.5, 0.6) is 0 Å². The van der Waals surface area contributed by atoms with Crippen molar-refractivity contribution in [1.29, 1.82) is 0 Å². The molecule has 0 saturated heterocycles. The summed E-state index contributed by atoms with van der Waals surface area (Å²) in [6, 6.07) is 1.07. The van der Waals surface area contributed by atoms with Crippen molar-refractivity contribution in [2.75, 3.05) is 0 Å². The number of rotatable bonds is 9. The van der Waals surface area contributed by atoms with Crippen LogP contribution in [0.25, 0.3) is 0 Å². The molecule has 0 aliphatic heterocycles. The van der Waals surface area contributed by atoms with E-state index >= 15 is 0 Å². The van der Waals surface area contributed by atoms with E-state index in [4.69, 9.17) is 9.47 Å². The van der Waals surface area contributed by atoms with Gasteiger partial charge in [-0.25, -0.2) is 0 Å². The summed E-state index contributed by atoms with van der Waals surface area (Å²) >= 11 is 0. The third-order valence-corrected chi connectivity index (χ3v) is 6.16. The molecule has 0 aliphatic rings. The molecule has 0 amide bonds. The first-order valence-corrected chi connectivity index (χ1v) is 16.3. The Morgan fingerprint density at radius 2 is 0.917 bits per heavy atom. The van der Waals surface area contributed by atoms with Gasteiger partial charge in [-0.2, -0.15) is 0 Å². The fourth-order valence-electron chi connectivity index (χ4n) is 2.26. The van der Waals surface area contributed by atoms with Gasteiger partial charge in [0.25, 0.3) is 0 Å². The number of esters is 2. The third kappa shape index (κ3) is 12.8. The molecule has 142 valence electrons. The highest BCUT2D eigenvalue weighted by Crippen LogP contribution is 2.27. The lowest BCUT2D eigenvalue weighted by molar-refractivity contribution is -0.161. The standard InChI is InChI=1S/C18H38O4Si2/c1-17(2,21-15(19)13-23(5,6)7)11-12-18(3,4)22-16(20)14-24(8,9)10/h11-14H2,1-10H3. The van der Waals surface area contributed by atoms with Gasteiger partial charge in [-0.05, 0) is 40.5 Å². The molecule has 0 N–H and O–H groups in total. The van der Waals surface area contributed by atoms with Crippen molar-refractivity contribution < 1.29 is 19.1 Å². The second kappa shape index (κ2) is 8.17. The second-order valence-corrected chi connectivity index (χ2v) is 21.4. The molecule has 0 atom stereocenters. The lowest BCUT2D eigenvalue weighted by Gasteiger charge is -2.32. The average Bonchev–Trinajstić information content (AvgIpc) is 2.19. The second-order valence-electron chi connectivity index (χ2n) is 10.4. The highest BCUT2D eigenvalue weighted by molar-refractivity contribution is 6.79. The Balaban J connectivity index is 4.51. The summed E-state index contributed by atoms with van der Waals surface area (Å²) in [5.74, 6) is -0.236. The molecule has 0 rings (SSSR count). The smallest absolute Gasteiger partial charge is 0.303 e. The summed E-state index contributed by atoms with van der Waals surface area (Å²) in [7, 11) is -2.93. The van der Waals surface area contributed by atoms with Crippen molar-refractivity contribution in [2.24, 2.45) is 0 Å². The van der Waals surface area contributed by atoms with Crippen molar-refractivity contribution >= 4 is 28.1 Å². The Morgan fingerprint density at radius 3 is 1.12 bits per heavy atom. The van der Waals surface area contributed by atoms with Gasteiger partial charge < -0.3 is 9.47 Å². The molecule has 0 fully saturated rings. The maximum absolute atomic E-state index is 12.1. The molecular weight excluding hydrogens is 336 g/mol. The van der Waals surface area contributed by atoms with E-state index in [0.29, 0.717) is 24.9 Å². The van der Waals surface area contributed by atoms with Gasteiger partial charge in [0, 0.05) is 12.1 Å². The quantitative estimate of drug-likeness (QED) is 0.417. The highest BCUT2D eigenvalue weighted by Gasteiger charge is 2.32. The monoisotopic (exact) mass is 374 g/mol. The molecule has 0 radical (unpaired) electrons. The van der Waals surface area contributed by atoms with Crippen LogP contribution in [0.1, 0.15) is 40.5 Å². The molecule has 0 heterocycles. The van der Waals surface area contributed by atoms with Crippen LogP contribution >= 0.6 is 0 Å². The first-order valence-electron chi connectivity index (χ1n) is 8.85. The van der Waals surface area contributed by atoms with Crippen LogP contribution in [0.4, 0.5) is 0 Å². The zero-order chi connectivity index (χ0) is 19.4. The number of carbonyl (C=O) groups is 2. The number of ether oxygens (including phenoxy) is 2. The summed E-state index contributed by atoms with van der Waals surface area (Å²) < 4.78 is 11.3. The van der Waals surface area contributed by atoms with Crippen molar-refractivity contribution in [3.05, 3.63) is 0 Å². The van der Waals surface area contributed by atoms with Crippen LogP contribution in [0.3, 0.4) is 0 Å². The molecule has 0 bridgehead atoms. The molecule has 0 unspecified atom stereocenters. The topological polar surface area (TPSA) is 52.6 Å². The normalized spacial score (nSPS) is 13.6. The van der Waals surface area contributed by atoms with Crippen LogP contribution in [-0.4, -0.2) is 39.3 Å². The summed E-state index contributed by atoms with van der Waals surface area (Å²) in [4.78, 5) is 24.1. The predicted molar refractivity (Wildman–Crippen MR) is 106 cm³/mol. The van der Waals surface area contributed by atoms with E-state index in [1.54, 1.807) is 0 Å². The van der Waals surface area contributed by atoms with Crippen LogP contribution in [0.2, 0.25) is 51.4 Å². The van der Waals surface area contributed by atoms with Gasteiger partial charge in [-0.15, -0.1) is 0 Å². The minimum Gasteiger partial charge on any atom is -0.460 e. The highest BCUT2D eigenvalue weighted by atomic mass is 28.3. The summed E-state index contributed by atoms with van der Waals surface area (Å²) in [6.45, 7) is 20.6. The summed E-state index contributed by atoms with van der Waals surface area (Å²) in [6.07, 6.45) is 1.33. The van der Waals surface area contributed by atoms with Crippen LogP contribution in [0, 0.1) is 0 Å².